The summed E-state index contributed by atoms with van der Waals surface area (Å²) in [4.78, 5) is 3.55. The number of alkyl halides is 3. The second-order valence-electron chi connectivity index (χ2n) is 5.53. The summed E-state index contributed by atoms with van der Waals surface area (Å²) < 4.78 is 53.2. The van der Waals surface area contributed by atoms with Crippen LogP contribution in [0.4, 0.5) is 23.2 Å². The summed E-state index contributed by atoms with van der Waals surface area (Å²) >= 11 is 0. The van der Waals surface area contributed by atoms with E-state index in [1.54, 1.807) is 42.5 Å². The van der Waals surface area contributed by atoms with Crippen LogP contribution in [0.25, 0.3) is 5.69 Å². The van der Waals surface area contributed by atoms with E-state index >= 15 is 0 Å². The molecule has 144 valence electrons. The van der Waals surface area contributed by atoms with Gasteiger partial charge in [-0.25, -0.2) is 9.37 Å². The van der Waals surface area contributed by atoms with E-state index in [1.165, 1.54) is 17.6 Å². The zero-order valence-electron chi connectivity index (χ0n) is 15.3. The van der Waals surface area contributed by atoms with E-state index in [0.717, 1.165) is 11.9 Å². The molecule has 0 saturated carbocycles. The van der Waals surface area contributed by atoms with Crippen molar-refractivity contribution in [2.45, 2.75) is 33.5 Å². The minimum Gasteiger partial charge on any atom is -0.381 e. The number of benzene rings is 2. The van der Waals surface area contributed by atoms with Crippen molar-refractivity contribution in [2.75, 3.05) is 5.32 Å². The molecule has 3 aromatic rings. The number of aromatic nitrogens is 2. The summed E-state index contributed by atoms with van der Waals surface area (Å²) in [5.41, 5.74) is 0.913. The Morgan fingerprint density at radius 2 is 1.63 bits per heavy atom. The Bertz CT molecular complexity index is 868. The van der Waals surface area contributed by atoms with E-state index in [-0.39, 0.29) is 11.6 Å². The van der Waals surface area contributed by atoms with Crippen LogP contribution < -0.4 is 5.32 Å². The van der Waals surface area contributed by atoms with Gasteiger partial charge in [0.15, 0.2) is 5.69 Å². The summed E-state index contributed by atoms with van der Waals surface area (Å²) in [5.74, 6) is -0.0419. The van der Waals surface area contributed by atoms with Crippen LogP contribution in [-0.4, -0.2) is 9.55 Å². The Hall–Kier alpha value is -2.83. The molecule has 0 unspecified atom stereocenters. The number of nitrogens with zero attached hydrogens (tertiary/aromatic N) is 2. The summed E-state index contributed by atoms with van der Waals surface area (Å²) in [6.45, 7) is 5.83. The summed E-state index contributed by atoms with van der Waals surface area (Å²) in [7, 11) is 0. The number of nitrogens with one attached hydrogen (secondary N) is 1. The average molecular weight is 379 g/mol. The molecule has 0 fully saturated rings. The third-order valence-corrected chi connectivity index (χ3v) is 3.76. The smallest absolute Gasteiger partial charge is 0.381 e. The van der Waals surface area contributed by atoms with Crippen molar-refractivity contribution in [3.05, 3.63) is 77.6 Å². The fourth-order valence-corrected chi connectivity index (χ4v) is 2.45. The zero-order valence-corrected chi connectivity index (χ0v) is 15.3. The Balaban J connectivity index is 0.00000126. The molecule has 0 amide bonds. The average Bonchev–Trinajstić information content (AvgIpc) is 3.05. The summed E-state index contributed by atoms with van der Waals surface area (Å²) in [5, 5.41) is 3.08. The van der Waals surface area contributed by atoms with Crippen LogP contribution in [-0.2, 0) is 12.7 Å². The minimum absolute atomic E-state index is 0.249. The highest BCUT2D eigenvalue weighted by molar-refractivity contribution is 5.49. The molecule has 27 heavy (non-hydrogen) atoms. The van der Waals surface area contributed by atoms with E-state index in [1.807, 2.05) is 13.8 Å². The number of hydrogen-bond donors (Lipinski definition) is 1. The number of aryl methyl sites for hydroxylation is 1. The van der Waals surface area contributed by atoms with Crippen LogP contribution in [0.2, 0.25) is 0 Å². The van der Waals surface area contributed by atoms with Crippen molar-refractivity contribution in [3.8, 4) is 5.69 Å². The SMILES string of the molecule is CC.Cc1nc(C(F)(F)F)cn1-c1ccc(NCc2ccccc2F)cc1. The van der Waals surface area contributed by atoms with Crippen molar-refractivity contribution in [1.82, 2.24) is 9.55 Å². The summed E-state index contributed by atoms with van der Waals surface area (Å²) in [6, 6.07) is 13.3. The first-order valence-electron chi connectivity index (χ1n) is 8.55. The molecule has 3 rings (SSSR count). The molecular formula is C20H21F4N3. The molecule has 0 aliphatic rings. The van der Waals surface area contributed by atoms with Crippen LogP contribution in [0.5, 0.6) is 0 Å². The normalized spacial score (nSPS) is 10.9. The predicted molar refractivity (Wildman–Crippen MR) is 98.4 cm³/mol. The molecule has 2 aromatic carbocycles. The molecule has 1 N–H and O–H groups in total. The molecule has 0 saturated heterocycles. The fourth-order valence-electron chi connectivity index (χ4n) is 2.45. The van der Waals surface area contributed by atoms with Crippen LogP contribution in [0, 0.1) is 12.7 Å². The van der Waals surface area contributed by atoms with E-state index < -0.39 is 11.9 Å². The van der Waals surface area contributed by atoms with Gasteiger partial charge in [0.25, 0.3) is 0 Å². The maximum absolute atomic E-state index is 13.6. The molecule has 0 atom stereocenters. The molecule has 1 aromatic heterocycles. The van der Waals surface area contributed by atoms with Crippen molar-refractivity contribution in [1.29, 1.82) is 0 Å². The van der Waals surface area contributed by atoms with E-state index in [4.69, 9.17) is 0 Å². The van der Waals surface area contributed by atoms with Crippen LogP contribution in [0.1, 0.15) is 30.9 Å². The lowest BCUT2D eigenvalue weighted by Crippen LogP contribution is -2.05. The molecule has 0 bridgehead atoms. The van der Waals surface area contributed by atoms with Gasteiger partial charge in [0.1, 0.15) is 11.6 Å². The molecular weight excluding hydrogens is 358 g/mol. The lowest BCUT2D eigenvalue weighted by molar-refractivity contribution is -0.141. The van der Waals surface area contributed by atoms with Crippen LogP contribution >= 0.6 is 0 Å². The molecule has 1 heterocycles. The highest BCUT2D eigenvalue weighted by Crippen LogP contribution is 2.29. The van der Waals surface area contributed by atoms with E-state index in [2.05, 4.69) is 10.3 Å². The van der Waals surface area contributed by atoms with Gasteiger partial charge >= 0.3 is 6.18 Å². The standard InChI is InChI=1S/C18H15F4N3.C2H6/c1-12-24-17(18(20,21)22)11-25(12)15-8-6-14(7-9-15)23-10-13-4-2-3-5-16(13)19;1-2/h2-9,11,23H,10H2,1H3;1-2H3. The van der Waals surface area contributed by atoms with Crippen LogP contribution in [0.15, 0.2) is 54.7 Å². The second kappa shape index (κ2) is 8.70. The largest absolute Gasteiger partial charge is 0.434 e. The lowest BCUT2D eigenvalue weighted by Gasteiger charge is -2.09. The molecule has 0 aliphatic heterocycles. The van der Waals surface area contributed by atoms with Crippen molar-refractivity contribution in [3.63, 3.8) is 0 Å². The van der Waals surface area contributed by atoms with Gasteiger partial charge < -0.3 is 9.88 Å². The molecule has 0 radical (unpaired) electrons. The maximum atomic E-state index is 13.6. The predicted octanol–water partition coefficient (Wildman–Crippen LogP) is 5.98. The van der Waals surface area contributed by atoms with Gasteiger partial charge in [-0.2, -0.15) is 13.2 Å². The third kappa shape index (κ3) is 5.09. The Labute approximate surface area is 155 Å². The minimum atomic E-state index is -4.47. The Morgan fingerprint density at radius 1 is 1.00 bits per heavy atom. The highest BCUT2D eigenvalue weighted by atomic mass is 19.4. The van der Waals surface area contributed by atoms with Gasteiger partial charge in [-0.3, -0.25) is 0 Å². The number of anilines is 1. The summed E-state index contributed by atoms with van der Waals surface area (Å²) in [6.07, 6.45) is -3.51. The molecule has 7 heteroatoms. The number of rotatable bonds is 4. The number of imidazole rings is 1. The van der Waals surface area contributed by atoms with Gasteiger partial charge in [0.2, 0.25) is 0 Å². The topological polar surface area (TPSA) is 29.9 Å². The van der Waals surface area contributed by atoms with Gasteiger partial charge in [-0.15, -0.1) is 0 Å². The third-order valence-electron chi connectivity index (χ3n) is 3.76. The van der Waals surface area contributed by atoms with Gasteiger partial charge in [-0.05, 0) is 37.3 Å². The molecule has 3 nitrogen and oxygen atoms in total. The lowest BCUT2D eigenvalue weighted by atomic mass is 10.2. The van der Waals surface area contributed by atoms with E-state index in [9.17, 15) is 17.6 Å². The fraction of sp³-hybridized carbons (Fsp3) is 0.250. The second-order valence-corrected chi connectivity index (χ2v) is 5.53. The zero-order chi connectivity index (χ0) is 20.0. The van der Waals surface area contributed by atoms with E-state index in [0.29, 0.717) is 17.8 Å². The number of halogens is 4. The van der Waals surface area contributed by atoms with Gasteiger partial charge in [0, 0.05) is 29.7 Å². The molecule has 0 aliphatic carbocycles. The van der Waals surface area contributed by atoms with Gasteiger partial charge in [0.05, 0.1) is 0 Å². The number of hydrogen-bond acceptors (Lipinski definition) is 2. The van der Waals surface area contributed by atoms with Gasteiger partial charge in [-0.1, -0.05) is 32.0 Å². The first-order valence-corrected chi connectivity index (χ1v) is 8.55. The quantitative estimate of drug-likeness (QED) is 0.566. The first-order chi connectivity index (χ1) is 12.8. The van der Waals surface area contributed by atoms with Crippen molar-refractivity contribution in [2.24, 2.45) is 0 Å². The van der Waals surface area contributed by atoms with Crippen molar-refractivity contribution < 1.29 is 17.6 Å². The highest BCUT2D eigenvalue weighted by Gasteiger charge is 2.34. The monoisotopic (exact) mass is 379 g/mol. The first kappa shape index (κ1) is 20.5. The molecule has 0 spiro atoms. The van der Waals surface area contributed by atoms with Crippen molar-refractivity contribution >= 4 is 5.69 Å². The maximum Gasteiger partial charge on any atom is 0.434 e. The van der Waals surface area contributed by atoms with Crippen LogP contribution in [0.3, 0.4) is 0 Å². The Morgan fingerprint density at radius 3 is 2.19 bits per heavy atom. The Kier molecular flexibility index (Phi) is 6.60.